The molecular formula is C21H24FN3O3. The van der Waals surface area contributed by atoms with E-state index < -0.39 is 17.9 Å². The minimum atomic E-state index is -0.484. The van der Waals surface area contributed by atoms with Crippen molar-refractivity contribution in [1.29, 1.82) is 0 Å². The fraction of sp³-hybridized carbons (Fsp3) is 0.333. The molecule has 0 radical (unpaired) electrons. The summed E-state index contributed by atoms with van der Waals surface area (Å²) < 4.78 is 18.8. The van der Waals surface area contributed by atoms with E-state index in [1.165, 1.54) is 19.2 Å². The van der Waals surface area contributed by atoms with Gasteiger partial charge in [0, 0.05) is 24.3 Å². The van der Waals surface area contributed by atoms with Crippen LogP contribution in [0.5, 0.6) is 5.75 Å². The number of halogens is 1. The number of nitrogens with one attached hydrogen (secondary N) is 2. The van der Waals surface area contributed by atoms with E-state index in [0.29, 0.717) is 16.8 Å². The third-order valence-corrected chi connectivity index (χ3v) is 4.78. The fourth-order valence-corrected chi connectivity index (χ4v) is 3.23. The molecular weight excluding hydrogens is 361 g/mol. The first kappa shape index (κ1) is 19.7. The maximum atomic E-state index is 13.9. The number of carbonyl (C=O) groups is 2. The number of hydrogen-bond donors (Lipinski definition) is 2. The lowest BCUT2D eigenvalue weighted by Crippen LogP contribution is -2.31. The lowest BCUT2D eigenvalue weighted by atomic mass is 10.1. The smallest absolute Gasteiger partial charge is 0.319 e. The second kappa shape index (κ2) is 8.73. The number of benzene rings is 2. The van der Waals surface area contributed by atoms with Gasteiger partial charge in [-0.2, -0.15) is 0 Å². The minimum absolute atomic E-state index is 0.0244. The molecule has 0 unspecified atom stereocenters. The van der Waals surface area contributed by atoms with Crippen LogP contribution in [0.1, 0.15) is 41.7 Å². The van der Waals surface area contributed by atoms with Gasteiger partial charge in [-0.1, -0.05) is 12.1 Å². The van der Waals surface area contributed by atoms with Crippen LogP contribution in [-0.2, 0) is 0 Å². The van der Waals surface area contributed by atoms with Gasteiger partial charge in [0.1, 0.15) is 0 Å². The van der Waals surface area contributed by atoms with Gasteiger partial charge in [0.2, 0.25) is 0 Å². The van der Waals surface area contributed by atoms with Gasteiger partial charge in [-0.15, -0.1) is 0 Å². The molecule has 3 rings (SSSR count). The second-order valence-electron chi connectivity index (χ2n) is 6.79. The Hall–Kier alpha value is -3.09. The maximum Gasteiger partial charge on any atom is 0.319 e. The summed E-state index contributed by atoms with van der Waals surface area (Å²) in [5.41, 5.74) is 1.69. The molecule has 1 heterocycles. The number of carbonyl (C=O) groups excluding carboxylic acids is 2. The molecule has 0 aromatic heterocycles. The van der Waals surface area contributed by atoms with E-state index in [0.717, 1.165) is 25.9 Å². The van der Waals surface area contributed by atoms with E-state index in [1.807, 2.05) is 4.90 Å². The van der Waals surface area contributed by atoms with Crippen molar-refractivity contribution in [3.63, 3.8) is 0 Å². The standard InChI is InChI=1S/C21H24FN3O3/c1-14(15-8-9-19(28-2)18(22)13-15)23-21(27)24-17-7-5-6-16(12-17)20(26)25-10-3-4-11-25/h5-9,12-14H,3-4,10-11H2,1-2H3,(H2,23,24,27)/t14-/m1/s1. The predicted octanol–water partition coefficient (Wildman–Crippen LogP) is 3.95. The van der Waals surface area contributed by atoms with Crippen LogP contribution in [0.3, 0.4) is 0 Å². The molecule has 1 aliphatic heterocycles. The number of amides is 3. The highest BCUT2D eigenvalue weighted by Gasteiger charge is 2.20. The third kappa shape index (κ3) is 4.60. The van der Waals surface area contributed by atoms with Gasteiger partial charge in [-0.25, -0.2) is 9.18 Å². The van der Waals surface area contributed by atoms with Crippen molar-refractivity contribution in [3.05, 3.63) is 59.4 Å². The highest BCUT2D eigenvalue weighted by atomic mass is 19.1. The first-order valence-corrected chi connectivity index (χ1v) is 9.28. The Morgan fingerprint density at radius 1 is 1.14 bits per heavy atom. The summed E-state index contributed by atoms with van der Waals surface area (Å²) in [4.78, 5) is 26.6. The largest absolute Gasteiger partial charge is 0.494 e. The van der Waals surface area contributed by atoms with Crippen LogP contribution < -0.4 is 15.4 Å². The van der Waals surface area contributed by atoms with Gasteiger partial charge in [0.15, 0.2) is 11.6 Å². The molecule has 7 heteroatoms. The molecule has 6 nitrogen and oxygen atoms in total. The third-order valence-electron chi connectivity index (χ3n) is 4.78. The van der Waals surface area contributed by atoms with Crippen molar-refractivity contribution >= 4 is 17.6 Å². The number of anilines is 1. The summed E-state index contributed by atoms with van der Waals surface area (Å²) in [7, 11) is 1.40. The highest BCUT2D eigenvalue weighted by molar-refractivity contribution is 5.97. The van der Waals surface area contributed by atoms with E-state index in [-0.39, 0.29) is 11.7 Å². The number of nitrogens with zero attached hydrogens (tertiary/aromatic N) is 1. The van der Waals surface area contributed by atoms with Gasteiger partial charge >= 0.3 is 6.03 Å². The van der Waals surface area contributed by atoms with E-state index in [2.05, 4.69) is 10.6 Å². The molecule has 2 aromatic carbocycles. The van der Waals surface area contributed by atoms with E-state index in [1.54, 1.807) is 37.3 Å². The van der Waals surface area contributed by atoms with Crippen LogP contribution in [0.15, 0.2) is 42.5 Å². The Morgan fingerprint density at radius 3 is 2.57 bits per heavy atom. The molecule has 0 aliphatic carbocycles. The molecule has 2 N–H and O–H groups in total. The molecule has 148 valence electrons. The zero-order valence-corrected chi connectivity index (χ0v) is 16.0. The quantitative estimate of drug-likeness (QED) is 0.819. The normalized spacial score (nSPS) is 14.5. The Morgan fingerprint density at radius 2 is 1.89 bits per heavy atom. The fourth-order valence-electron chi connectivity index (χ4n) is 3.23. The van der Waals surface area contributed by atoms with Gasteiger partial charge in [0.05, 0.1) is 13.2 Å². The molecule has 28 heavy (non-hydrogen) atoms. The van der Waals surface area contributed by atoms with Crippen LogP contribution in [0.2, 0.25) is 0 Å². The van der Waals surface area contributed by atoms with Crippen LogP contribution in [0.4, 0.5) is 14.9 Å². The molecule has 3 amide bonds. The van der Waals surface area contributed by atoms with Crippen molar-refractivity contribution in [2.75, 3.05) is 25.5 Å². The van der Waals surface area contributed by atoms with Crippen LogP contribution in [-0.4, -0.2) is 37.0 Å². The van der Waals surface area contributed by atoms with Gasteiger partial charge in [0.25, 0.3) is 5.91 Å². The lowest BCUT2D eigenvalue weighted by molar-refractivity contribution is 0.0793. The Balaban J connectivity index is 1.62. The molecule has 1 saturated heterocycles. The molecule has 1 atom stereocenters. The van der Waals surface area contributed by atoms with Crippen molar-refractivity contribution in [1.82, 2.24) is 10.2 Å². The second-order valence-corrected chi connectivity index (χ2v) is 6.79. The topological polar surface area (TPSA) is 70.7 Å². The van der Waals surface area contributed by atoms with Crippen molar-refractivity contribution in [2.24, 2.45) is 0 Å². The summed E-state index contributed by atoms with van der Waals surface area (Å²) >= 11 is 0. The summed E-state index contributed by atoms with van der Waals surface area (Å²) in [6, 6.07) is 10.6. The molecule has 0 saturated carbocycles. The van der Waals surface area contributed by atoms with E-state index in [4.69, 9.17) is 4.74 Å². The zero-order valence-electron chi connectivity index (χ0n) is 16.0. The SMILES string of the molecule is COc1ccc([C@@H](C)NC(=O)Nc2cccc(C(=O)N3CCCC3)c2)cc1F. The van der Waals surface area contributed by atoms with E-state index >= 15 is 0 Å². The minimum Gasteiger partial charge on any atom is -0.494 e. The molecule has 2 aromatic rings. The zero-order chi connectivity index (χ0) is 20.1. The average Bonchev–Trinajstić information content (AvgIpc) is 3.22. The van der Waals surface area contributed by atoms with E-state index in [9.17, 15) is 14.0 Å². The number of methoxy groups -OCH3 is 1. The highest BCUT2D eigenvalue weighted by Crippen LogP contribution is 2.22. The summed E-state index contributed by atoms with van der Waals surface area (Å²) in [5.74, 6) is -0.356. The number of rotatable bonds is 5. The van der Waals surface area contributed by atoms with Crippen molar-refractivity contribution in [3.8, 4) is 5.75 Å². The monoisotopic (exact) mass is 385 g/mol. The summed E-state index contributed by atoms with van der Waals surface area (Å²) in [6.07, 6.45) is 2.05. The molecule has 0 bridgehead atoms. The van der Waals surface area contributed by atoms with Gasteiger partial charge in [-0.3, -0.25) is 4.79 Å². The Labute approximate surface area is 163 Å². The number of ether oxygens (including phenoxy) is 1. The van der Waals surface area contributed by atoms with Crippen LogP contribution in [0, 0.1) is 5.82 Å². The summed E-state index contributed by atoms with van der Waals surface area (Å²) in [5, 5.41) is 5.49. The molecule has 1 aliphatic rings. The number of hydrogen-bond acceptors (Lipinski definition) is 3. The van der Waals surface area contributed by atoms with Crippen molar-refractivity contribution < 1.29 is 18.7 Å². The van der Waals surface area contributed by atoms with Gasteiger partial charge in [-0.05, 0) is 55.7 Å². The van der Waals surface area contributed by atoms with Crippen LogP contribution in [0.25, 0.3) is 0 Å². The summed E-state index contributed by atoms with van der Waals surface area (Å²) in [6.45, 7) is 3.30. The number of likely N-dealkylation sites (tertiary alicyclic amines) is 1. The predicted molar refractivity (Wildman–Crippen MR) is 105 cm³/mol. The van der Waals surface area contributed by atoms with Crippen molar-refractivity contribution in [2.45, 2.75) is 25.8 Å². The Kier molecular flexibility index (Phi) is 6.13. The lowest BCUT2D eigenvalue weighted by Gasteiger charge is -2.17. The molecule has 0 spiro atoms. The van der Waals surface area contributed by atoms with Gasteiger partial charge < -0.3 is 20.3 Å². The number of urea groups is 1. The first-order valence-electron chi connectivity index (χ1n) is 9.28. The first-order chi connectivity index (χ1) is 13.5. The molecule has 1 fully saturated rings. The Bertz CT molecular complexity index is 866. The average molecular weight is 385 g/mol. The van der Waals surface area contributed by atoms with Crippen LogP contribution >= 0.6 is 0 Å². The maximum absolute atomic E-state index is 13.9.